The monoisotopic (exact) mass is 207 g/mol. The molecule has 3 heteroatoms. The van der Waals surface area contributed by atoms with Crippen LogP contribution >= 0.6 is 0 Å². The first-order valence-electron chi connectivity index (χ1n) is 5.71. The highest BCUT2D eigenvalue weighted by molar-refractivity contribution is 5.27. The highest BCUT2D eigenvalue weighted by Gasteiger charge is 2.10. The molecule has 1 aromatic heterocycles. The zero-order chi connectivity index (χ0) is 11.1. The number of nitrogens with one attached hydrogen (secondary N) is 1. The molecule has 1 aromatic rings. The van der Waals surface area contributed by atoms with Crippen molar-refractivity contribution in [2.45, 2.75) is 39.2 Å². The molecule has 15 heavy (non-hydrogen) atoms. The zero-order valence-electron chi connectivity index (χ0n) is 9.74. The lowest BCUT2D eigenvalue weighted by molar-refractivity contribution is 0.451. The molecule has 84 valence electrons. The second kappa shape index (κ2) is 6.27. The quantitative estimate of drug-likeness (QED) is 0.696. The van der Waals surface area contributed by atoms with Gasteiger partial charge in [0.1, 0.15) is 0 Å². The van der Waals surface area contributed by atoms with E-state index in [2.05, 4.69) is 41.5 Å². The molecule has 1 heterocycles. The summed E-state index contributed by atoms with van der Waals surface area (Å²) in [6.07, 6.45) is 9.30. The fourth-order valence-electron chi connectivity index (χ4n) is 1.78. The Kier molecular flexibility index (Phi) is 4.95. The average Bonchev–Trinajstić information content (AvgIpc) is 2.71. The molecule has 1 rings (SSSR count). The first-order chi connectivity index (χ1) is 7.33. The van der Waals surface area contributed by atoms with Gasteiger partial charge in [0, 0.05) is 25.0 Å². The van der Waals surface area contributed by atoms with Crippen molar-refractivity contribution in [1.82, 2.24) is 9.55 Å². The first kappa shape index (κ1) is 11.8. The molecule has 1 atom stereocenters. The molecular weight excluding hydrogens is 186 g/mol. The van der Waals surface area contributed by atoms with Crippen LogP contribution in [0.3, 0.4) is 0 Å². The molecule has 1 unspecified atom stereocenters. The standard InChI is InChI=1S/C12H21N3/c1-4-7-11(6-3)15-10-9-14-12(15)13-8-5-2/h5,9-11H,2,4,6-8H2,1,3H3,(H,13,14). The van der Waals surface area contributed by atoms with Crippen molar-refractivity contribution in [3.8, 4) is 0 Å². The number of hydrogen-bond acceptors (Lipinski definition) is 2. The fraction of sp³-hybridized carbons (Fsp3) is 0.583. The molecule has 0 saturated carbocycles. The summed E-state index contributed by atoms with van der Waals surface area (Å²) < 4.78 is 2.23. The molecule has 0 aliphatic rings. The van der Waals surface area contributed by atoms with E-state index in [1.807, 2.05) is 12.3 Å². The van der Waals surface area contributed by atoms with Crippen LogP contribution in [-0.2, 0) is 0 Å². The molecule has 1 N–H and O–H groups in total. The van der Waals surface area contributed by atoms with Gasteiger partial charge >= 0.3 is 0 Å². The predicted molar refractivity (Wildman–Crippen MR) is 65.1 cm³/mol. The average molecular weight is 207 g/mol. The summed E-state index contributed by atoms with van der Waals surface area (Å²) in [5, 5.41) is 3.25. The third-order valence-electron chi connectivity index (χ3n) is 2.56. The van der Waals surface area contributed by atoms with E-state index in [-0.39, 0.29) is 0 Å². The summed E-state index contributed by atoms with van der Waals surface area (Å²) in [6, 6.07) is 0.560. The second-order valence-electron chi connectivity index (χ2n) is 3.68. The number of rotatable bonds is 7. The van der Waals surface area contributed by atoms with Crippen LogP contribution in [0, 0.1) is 0 Å². The minimum absolute atomic E-state index is 0.560. The lowest BCUT2D eigenvalue weighted by atomic mass is 10.1. The minimum Gasteiger partial charge on any atom is -0.352 e. The Morgan fingerprint density at radius 2 is 2.40 bits per heavy atom. The summed E-state index contributed by atoms with van der Waals surface area (Å²) in [5.74, 6) is 0.954. The maximum absolute atomic E-state index is 4.31. The number of imidazole rings is 1. The van der Waals surface area contributed by atoms with Crippen LogP contribution in [0.2, 0.25) is 0 Å². The Morgan fingerprint density at radius 1 is 1.60 bits per heavy atom. The Labute approximate surface area is 92.2 Å². The van der Waals surface area contributed by atoms with Gasteiger partial charge in [0.25, 0.3) is 0 Å². The van der Waals surface area contributed by atoms with Crippen LogP contribution in [0.25, 0.3) is 0 Å². The minimum atomic E-state index is 0.560. The Bertz CT molecular complexity index is 291. The van der Waals surface area contributed by atoms with Gasteiger partial charge in [-0.1, -0.05) is 26.3 Å². The molecule has 0 aliphatic carbocycles. The molecule has 0 radical (unpaired) electrons. The topological polar surface area (TPSA) is 29.9 Å². The van der Waals surface area contributed by atoms with E-state index in [1.54, 1.807) is 0 Å². The molecule has 0 amide bonds. The van der Waals surface area contributed by atoms with Gasteiger partial charge in [0.2, 0.25) is 5.95 Å². The van der Waals surface area contributed by atoms with Gasteiger partial charge in [-0.25, -0.2) is 4.98 Å². The summed E-state index contributed by atoms with van der Waals surface area (Å²) in [7, 11) is 0. The Hall–Kier alpha value is -1.25. The lowest BCUT2D eigenvalue weighted by Crippen LogP contribution is -2.12. The van der Waals surface area contributed by atoms with Gasteiger partial charge in [-0.2, -0.15) is 0 Å². The summed E-state index contributed by atoms with van der Waals surface area (Å²) in [5.41, 5.74) is 0. The highest BCUT2D eigenvalue weighted by atomic mass is 15.2. The van der Waals surface area contributed by atoms with E-state index in [0.29, 0.717) is 6.04 Å². The van der Waals surface area contributed by atoms with Crippen molar-refractivity contribution in [3.05, 3.63) is 25.0 Å². The summed E-state index contributed by atoms with van der Waals surface area (Å²) in [4.78, 5) is 4.31. The van der Waals surface area contributed by atoms with Crippen molar-refractivity contribution in [2.24, 2.45) is 0 Å². The van der Waals surface area contributed by atoms with Crippen molar-refractivity contribution in [2.75, 3.05) is 11.9 Å². The van der Waals surface area contributed by atoms with Gasteiger partial charge in [-0.15, -0.1) is 6.58 Å². The molecule has 0 spiro atoms. The molecule has 0 aliphatic heterocycles. The van der Waals surface area contributed by atoms with Crippen molar-refractivity contribution in [3.63, 3.8) is 0 Å². The van der Waals surface area contributed by atoms with E-state index in [4.69, 9.17) is 0 Å². The van der Waals surface area contributed by atoms with E-state index >= 15 is 0 Å². The van der Waals surface area contributed by atoms with Crippen LogP contribution in [-0.4, -0.2) is 16.1 Å². The van der Waals surface area contributed by atoms with Gasteiger partial charge < -0.3 is 9.88 Å². The maximum Gasteiger partial charge on any atom is 0.203 e. The van der Waals surface area contributed by atoms with Gasteiger partial charge in [0.05, 0.1) is 0 Å². The Morgan fingerprint density at radius 3 is 3.00 bits per heavy atom. The number of hydrogen-bond donors (Lipinski definition) is 1. The van der Waals surface area contributed by atoms with Gasteiger partial charge in [-0.3, -0.25) is 0 Å². The SMILES string of the molecule is C=CCNc1nccn1C(CC)CCC. The number of nitrogens with zero attached hydrogens (tertiary/aromatic N) is 2. The third kappa shape index (κ3) is 3.11. The van der Waals surface area contributed by atoms with Crippen LogP contribution in [0.5, 0.6) is 0 Å². The predicted octanol–water partition coefficient (Wildman–Crippen LogP) is 3.23. The van der Waals surface area contributed by atoms with Crippen LogP contribution in [0.1, 0.15) is 39.2 Å². The van der Waals surface area contributed by atoms with E-state index in [1.165, 1.54) is 12.8 Å². The van der Waals surface area contributed by atoms with Crippen molar-refractivity contribution in [1.29, 1.82) is 0 Å². The zero-order valence-corrected chi connectivity index (χ0v) is 9.74. The third-order valence-corrected chi connectivity index (χ3v) is 2.56. The molecule has 0 bridgehead atoms. The molecule has 0 saturated heterocycles. The molecular formula is C12H21N3. The van der Waals surface area contributed by atoms with Crippen molar-refractivity contribution < 1.29 is 0 Å². The van der Waals surface area contributed by atoms with Gasteiger partial charge in [0.15, 0.2) is 0 Å². The number of anilines is 1. The molecule has 0 fully saturated rings. The molecule has 3 nitrogen and oxygen atoms in total. The Balaban J connectivity index is 2.72. The van der Waals surface area contributed by atoms with Crippen LogP contribution in [0.4, 0.5) is 5.95 Å². The fourth-order valence-corrected chi connectivity index (χ4v) is 1.78. The van der Waals surface area contributed by atoms with E-state index in [0.717, 1.165) is 18.9 Å². The first-order valence-corrected chi connectivity index (χ1v) is 5.71. The second-order valence-corrected chi connectivity index (χ2v) is 3.68. The van der Waals surface area contributed by atoms with E-state index in [9.17, 15) is 0 Å². The van der Waals surface area contributed by atoms with Gasteiger partial charge in [-0.05, 0) is 12.8 Å². The molecule has 0 aromatic carbocycles. The van der Waals surface area contributed by atoms with E-state index < -0.39 is 0 Å². The highest BCUT2D eigenvalue weighted by Crippen LogP contribution is 2.21. The summed E-state index contributed by atoms with van der Waals surface area (Å²) >= 11 is 0. The van der Waals surface area contributed by atoms with Crippen molar-refractivity contribution >= 4 is 5.95 Å². The summed E-state index contributed by atoms with van der Waals surface area (Å²) in [6.45, 7) is 8.89. The largest absolute Gasteiger partial charge is 0.352 e. The maximum atomic E-state index is 4.31. The van der Waals surface area contributed by atoms with Crippen LogP contribution < -0.4 is 5.32 Å². The smallest absolute Gasteiger partial charge is 0.203 e. The van der Waals surface area contributed by atoms with Crippen LogP contribution in [0.15, 0.2) is 25.0 Å². The lowest BCUT2D eigenvalue weighted by Gasteiger charge is -2.18. The number of aromatic nitrogens is 2. The normalized spacial score (nSPS) is 12.4.